The smallest absolute Gasteiger partial charge is 0.249 e. The second-order valence-corrected chi connectivity index (χ2v) is 12.4. The average Bonchev–Trinajstić information content (AvgIpc) is 2.89. The van der Waals surface area contributed by atoms with Crippen molar-refractivity contribution in [1.29, 1.82) is 0 Å². The molecular weight excluding hydrogens is 490 g/mol. The molecule has 10 nitrogen and oxygen atoms in total. The van der Waals surface area contributed by atoms with Crippen molar-refractivity contribution in [1.82, 2.24) is 19.1 Å². The Hall–Kier alpha value is -2.73. The van der Waals surface area contributed by atoms with Crippen molar-refractivity contribution in [3.05, 3.63) is 36.4 Å². The van der Waals surface area contributed by atoms with Crippen molar-refractivity contribution >= 4 is 38.9 Å². The topological polar surface area (TPSA) is 92.3 Å². The van der Waals surface area contributed by atoms with Gasteiger partial charge in [-0.25, -0.2) is 13.4 Å². The first kappa shape index (κ1) is 25.9. The number of nitrogens with zero attached hydrogens (tertiary/aromatic N) is 6. The summed E-state index contributed by atoms with van der Waals surface area (Å²) in [6, 6.07) is 10.6. The third kappa shape index (κ3) is 5.05. The van der Waals surface area contributed by atoms with Crippen LogP contribution in [-0.2, 0) is 14.8 Å². The van der Waals surface area contributed by atoms with Crippen LogP contribution in [0.15, 0.2) is 41.3 Å². The lowest BCUT2D eigenvalue weighted by Gasteiger charge is -2.45. The third-order valence-electron chi connectivity index (χ3n) is 7.85. The van der Waals surface area contributed by atoms with Gasteiger partial charge in [0.1, 0.15) is 11.9 Å². The molecule has 11 heteroatoms. The van der Waals surface area contributed by atoms with E-state index in [0.29, 0.717) is 24.6 Å². The van der Waals surface area contributed by atoms with Crippen molar-refractivity contribution in [2.75, 3.05) is 75.5 Å². The Balaban J connectivity index is 1.42. The highest BCUT2D eigenvalue weighted by molar-refractivity contribution is 7.89. The van der Waals surface area contributed by atoms with Crippen LogP contribution in [0.25, 0.3) is 0 Å². The molecule has 3 aliphatic heterocycles. The molecule has 2 saturated heterocycles. The van der Waals surface area contributed by atoms with Gasteiger partial charge in [0.05, 0.1) is 10.6 Å². The van der Waals surface area contributed by atoms with Crippen LogP contribution in [0, 0.1) is 0 Å². The van der Waals surface area contributed by atoms with Crippen LogP contribution in [0.5, 0.6) is 0 Å². The maximum atomic E-state index is 13.3. The van der Waals surface area contributed by atoms with Gasteiger partial charge in [0.2, 0.25) is 15.9 Å². The molecule has 2 aromatic rings. The van der Waals surface area contributed by atoms with E-state index in [-0.39, 0.29) is 22.9 Å². The van der Waals surface area contributed by atoms with E-state index in [0.717, 1.165) is 50.5 Å². The molecule has 2 fully saturated rings. The van der Waals surface area contributed by atoms with Gasteiger partial charge < -0.3 is 24.9 Å². The number of rotatable bonds is 5. The summed E-state index contributed by atoms with van der Waals surface area (Å²) in [4.78, 5) is 26.6. The largest absolute Gasteiger partial charge is 0.340 e. The summed E-state index contributed by atoms with van der Waals surface area (Å²) in [6.07, 6.45) is 1.95. The highest BCUT2D eigenvalue weighted by atomic mass is 32.2. The highest BCUT2D eigenvalue weighted by Crippen LogP contribution is 2.38. The lowest BCUT2D eigenvalue weighted by atomic mass is 9.99. The maximum Gasteiger partial charge on any atom is 0.249 e. The number of likely N-dealkylation sites (N-methyl/N-ethyl adjacent to an activating group) is 2. The predicted octanol–water partition coefficient (Wildman–Crippen LogP) is 2.03. The van der Waals surface area contributed by atoms with Crippen molar-refractivity contribution in [2.24, 2.45) is 0 Å². The monoisotopic (exact) mass is 527 g/mol. The summed E-state index contributed by atoms with van der Waals surface area (Å²) < 4.78 is 28.1. The second kappa shape index (κ2) is 10.2. The van der Waals surface area contributed by atoms with E-state index in [2.05, 4.69) is 27.1 Å². The standard InChI is InChI=1S/C26H37N7O3S/c1-19-26(34)31(4)23-8-9-24(28-25(23)33(19)21-10-12-29(2)13-11-21)27-20-6-5-7-22(18-20)37(35,36)32-16-14-30(3)15-17-32/h5-9,18-19,21H,10-17H2,1-4H3,(H,27,28)/t19-/m1/s1. The van der Waals surface area contributed by atoms with Gasteiger partial charge in [-0.05, 0) is 77.3 Å². The van der Waals surface area contributed by atoms with Gasteiger partial charge in [-0.2, -0.15) is 4.31 Å². The molecule has 1 N–H and O–H groups in total. The Kier molecular flexibility index (Phi) is 7.14. The zero-order valence-corrected chi connectivity index (χ0v) is 22.9. The Morgan fingerprint density at radius 1 is 0.919 bits per heavy atom. The molecule has 1 aromatic carbocycles. The van der Waals surface area contributed by atoms with Crippen molar-refractivity contribution < 1.29 is 13.2 Å². The number of carbonyl (C=O) groups is 1. The van der Waals surface area contributed by atoms with Gasteiger partial charge in [-0.15, -0.1) is 0 Å². The number of likely N-dealkylation sites (tertiary alicyclic amines) is 1. The van der Waals surface area contributed by atoms with Crippen LogP contribution in [0.1, 0.15) is 19.8 Å². The number of amides is 1. The first-order chi connectivity index (χ1) is 17.6. The molecule has 4 heterocycles. The Morgan fingerprint density at radius 2 is 1.59 bits per heavy atom. The Bertz CT molecular complexity index is 1250. The lowest BCUT2D eigenvalue weighted by Crippen LogP contribution is -2.57. The van der Waals surface area contributed by atoms with Crippen molar-refractivity contribution in [3.63, 3.8) is 0 Å². The molecular formula is C26H37N7O3S. The summed E-state index contributed by atoms with van der Waals surface area (Å²) in [7, 11) is 2.35. The number of sulfonamides is 1. The molecule has 0 aliphatic carbocycles. The lowest BCUT2D eigenvalue weighted by molar-refractivity contribution is -0.119. The van der Waals surface area contributed by atoms with Crippen LogP contribution in [0.4, 0.5) is 23.0 Å². The van der Waals surface area contributed by atoms with Crippen LogP contribution in [0.2, 0.25) is 0 Å². The number of pyridine rings is 1. The minimum atomic E-state index is -3.57. The molecule has 0 unspecified atom stereocenters. The Labute approximate surface area is 219 Å². The zero-order chi connectivity index (χ0) is 26.3. The molecule has 0 spiro atoms. The minimum absolute atomic E-state index is 0.0655. The predicted molar refractivity (Wildman–Crippen MR) is 146 cm³/mol. The first-order valence-corrected chi connectivity index (χ1v) is 14.4. The molecule has 0 bridgehead atoms. The summed E-state index contributed by atoms with van der Waals surface area (Å²) in [6.45, 7) is 6.34. The molecule has 1 atom stereocenters. The van der Waals surface area contributed by atoms with E-state index in [1.54, 1.807) is 34.5 Å². The normalized spacial score (nSPS) is 22.8. The second-order valence-electron chi connectivity index (χ2n) is 10.4. The molecule has 0 saturated carbocycles. The number of hydrogen-bond acceptors (Lipinski definition) is 8. The van der Waals surface area contributed by atoms with Gasteiger partial charge >= 0.3 is 0 Å². The van der Waals surface area contributed by atoms with Crippen molar-refractivity contribution in [2.45, 2.75) is 36.7 Å². The first-order valence-electron chi connectivity index (χ1n) is 13.0. The number of piperidine rings is 1. The van der Waals surface area contributed by atoms with E-state index in [4.69, 9.17) is 4.98 Å². The van der Waals surface area contributed by atoms with E-state index in [1.807, 2.05) is 32.2 Å². The molecule has 1 aromatic heterocycles. The average molecular weight is 528 g/mol. The number of hydrogen-bond donors (Lipinski definition) is 1. The van der Waals surface area contributed by atoms with Crippen LogP contribution < -0.4 is 15.1 Å². The van der Waals surface area contributed by atoms with Crippen molar-refractivity contribution in [3.8, 4) is 0 Å². The molecule has 200 valence electrons. The third-order valence-corrected chi connectivity index (χ3v) is 9.75. The molecule has 3 aliphatic rings. The number of anilines is 4. The van der Waals surface area contributed by atoms with Gasteiger partial charge in [0.25, 0.3) is 0 Å². The van der Waals surface area contributed by atoms with E-state index >= 15 is 0 Å². The molecule has 5 rings (SSSR count). The number of nitrogens with one attached hydrogen (secondary N) is 1. The quantitative estimate of drug-likeness (QED) is 0.632. The van der Waals surface area contributed by atoms with E-state index in [1.165, 1.54) is 0 Å². The summed E-state index contributed by atoms with van der Waals surface area (Å²) in [5, 5.41) is 3.31. The van der Waals surface area contributed by atoms with Crippen LogP contribution in [-0.4, -0.2) is 106 Å². The van der Waals surface area contributed by atoms with Gasteiger partial charge in [0, 0.05) is 45.0 Å². The Morgan fingerprint density at radius 3 is 2.30 bits per heavy atom. The molecule has 1 amide bonds. The summed E-state index contributed by atoms with van der Waals surface area (Å²) in [5.74, 6) is 1.46. The minimum Gasteiger partial charge on any atom is -0.340 e. The maximum absolute atomic E-state index is 13.3. The van der Waals surface area contributed by atoms with E-state index in [9.17, 15) is 13.2 Å². The summed E-state index contributed by atoms with van der Waals surface area (Å²) in [5.41, 5.74) is 1.45. The van der Waals surface area contributed by atoms with Gasteiger partial charge in [-0.1, -0.05) is 6.07 Å². The highest BCUT2D eigenvalue weighted by Gasteiger charge is 2.39. The van der Waals surface area contributed by atoms with Crippen LogP contribution >= 0.6 is 0 Å². The molecule has 37 heavy (non-hydrogen) atoms. The van der Waals surface area contributed by atoms with Gasteiger partial charge in [-0.3, -0.25) is 4.79 Å². The van der Waals surface area contributed by atoms with Gasteiger partial charge in [0.15, 0.2) is 5.82 Å². The molecule has 0 radical (unpaired) electrons. The fourth-order valence-corrected chi connectivity index (χ4v) is 6.95. The van der Waals surface area contributed by atoms with E-state index < -0.39 is 10.0 Å². The number of benzene rings is 1. The summed E-state index contributed by atoms with van der Waals surface area (Å²) >= 11 is 0. The fourth-order valence-electron chi connectivity index (χ4n) is 5.49. The SMILES string of the molecule is C[C@@H]1C(=O)N(C)c2ccc(Nc3cccc(S(=O)(=O)N4CCN(C)CC4)c3)nc2N1C1CCN(C)CC1. The number of aromatic nitrogens is 1. The number of carbonyl (C=O) groups excluding carboxylic acids is 1. The fraction of sp³-hybridized carbons (Fsp3) is 0.538. The number of piperazine rings is 1. The van der Waals surface area contributed by atoms with Crippen LogP contribution in [0.3, 0.4) is 0 Å². The number of fused-ring (bicyclic) bond motifs is 1. The zero-order valence-electron chi connectivity index (χ0n) is 22.1.